The van der Waals surface area contributed by atoms with Gasteiger partial charge in [-0.1, -0.05) is 11.2 Å². The zero-order valence-corrected chi connectivity index (χ0v) is 14.3. The quantitative estimate of drug-likeness (QED) is 0.718. The summed E-state index contributed by atoms with van der Waals surface area (Å²) < 4.78 is 17.2. The largest absolute Gasteiger partial charge is 0.418 e. The van der Waals surface area contributed by atoms with E-state index in [1.807, 2.05) is 39.1 Å². The van der Waals surface area contributed by atoms with Crippen LogP contribution in [0.25, 0.3) is 22.8 Å². The molecule has 3 aromatic heterocycles. The minimum absolute atomic E-state index is 0.112. The third kappa shape index (κ3) is 3.06. The van der Waals surface area contributed by atoms with E-state index in [9.17, 15) is 0 Å². The summed E-state index contributed by atoms with van der Waals surface area (Å²) in [5.41, 5.74) is 1.94. The Labute approximate surface area is 144 Å². The number of likely N-dealkylation sites (N-methyl/N-ethyl adjacent to an activating group) is 1. The van der Waals surface area contributed by atoms with Crippen LogP contribution in [0.5, 0.6) is 0 Å². The number of aromatic nitrogens is 4. The van der Waals surface area contributed by atoms with Gasteiger partial charge in [-0.25, -0.2) is 0 Å². The van der Waals surface area contributed by atoms with Crippen molar-refractivity contribution < 1.29 is 13.7 Å². The summed E-state index contributed by atoms with van der Waals surface area (Å²) in [7, 11) is 2.05. The van der Waals surface area contributed by atoms with E-state index in [0.717, 1.165) is 6.54 Å². The lowest BCUT2D eigenvalue weighted by Gasteiger charge is -2.32. The molecule has 8 nitrogen and oxygen atoms in total. The second-order valence-electron chi connectivity index (χ2n) is 6.28. The number of ether oxygens (including phenoxy) is 1. The molecule has 0 aromatic carbocycles. The topological polar surface area (TPSA) is 90.3 Å². The normalized spacial score (nSPS) is 21.6. The lowest BCUT2D eigenvalue weighted by Crippen LogP contribution is -2.40. The van der Waals surface area contributed by atoms with E-state index in [2.05, 4.69) is 25.2 Å². The molecule has 4 heterocycles. The molecule has 0 unspecified atom stereocenters. The van der Waals surface area contributed by atoms with Crippen molar-refractivity contribution in [3.05, 3.63) is 36.0 Å². The maximum Gasteiger partial charge on any atom is 0.253 e. The molecule has 0 amide bonds. The van der Waals surface area contributed by atoms with Crippen LogP contribution in [-0.2, 0) is 4.74 Å². The highest BCUT2D eigenvalue weighted by Gasteiger charge is 2.30. The number of rotatable bonds is 3. The SMILES string of the molecule is Cc1onc(-c2ccccn2)c1-c1nnc([C@H]2CN(C)C[C@@H](C)O2)o1. The third-order valence-corrected chi connectivity index (χ3v) is 4.14. The Kier molecular flexibility index (Phi) is 4.06. The molecule has 0 radical (unpaired) electrons. The predicted octanol–water partition coefficient (Wildman–Crippen LogP) is 2.49. The van der Waals surface area contributed by atoms with Crippen molar-refractivity contribution >= 4 is 0 Å². The molecule has 0 aliphatic carbocycles. The fourth-order valence-electron chi connectivity index (χ4n) is 3.07. The summed E-state index contributed by atoms with van der Waals surface area (Å²) in [6.07, 6.45) is 1.57. The fourth-order valence-corrected chi connectivity index (χ4v) is 3.07. The molecule has 0 bridgehead atoms. The molecule has 3 aromatic rings. The number of aryl methyl sites for hydroxylation is 1. The average molecular weight is 341 g/mol. The van der Waals surface area contributed by atoms with Gasteiger partial charge < -0.3 is 18.6 Å². The van der Waals surface area contributed by atoms with Gasteiger partial charge in [0.15, 0.2) is 0 Å². The summed E-state index contributed by atoms with van der Waals surface area (Å²) >= 11 is 0. The summed E-state index contributed by atoms with van der Waals surface area (Å²) in [6.45, 7) is 5.43. The molecule has 1 aliphatic rings. The summed E-state index contributed by atoms with van der Waals surface area (Å²) in [5, 5.41) is 12.5. The Bertz CT molecular complexity index is 850. The van der Waals surface area contributed by atoms with Crippen LogP contribution < -0.4 is 0 Å². The molecule has 2 atom stereocenters. The van der Waals surface area contributed by atoms with E-state index in [0.29, 0.717) is 41.0 Å². The van der Waals surface area contributed by atoms with Crippen molar-refractivity contribution in [3.8, 4) is 22.8 Å². The van der Waals surface area contributed by atoms with Crippen LogP contribution in [-0.4, -0.2) is 51.5 Å². The molecule has 0 saturated carbocycles. The van der Waals surface area contributed by atoms with Crippen molar-refractivity contribution in [2.75, 3.05) is 20.1 Å². The Hall–Kier alpha value is -2.58. The second-order valence-corrected chi connectivity index (χ2v) is 6.28. The molecule has 25 heavy (non-hydrogen) atoms. The van der Waals surface area contributed by atoms with E-state index in [1.54, 1.807) is 6.20 Å². The van der Waals surface area contributed by atoms with E-state index in [4.69, 9.17) is 13.7 Å². The average Bonchev–Trinajstić information content (AvgIpc) is 3.21. The molecular formula is C17H19N5O3. The van der Waals surface area contributed by atoms with Crippen LogP contribution >= 0.6 is 0 Å². The molecule has 0 spiro atoms. The first-order chi connectivity index (χ1) is 12.1. The minimum Gasteiger partial charge on any atom is -0.418 e. The van der Waals surface area contributed by atoms with Crippen LogP contribution in [0.3, 0.4) is 0 Å². The molecular weight excluding hydrogens is 322 g/mol. The van der Waals surface area contributed by atoms with Gasteiger partial charge in [0, 0.05) is 19.3 Å². The summed E-state index contributed by atoms with van der Waals surface area (Å²) in [6, 6.07) is 5.60. The van der Waals surface area contributed by atoms with Crippen molar-refractivity contribution in [1.82, 2.24) is 25.2 Å². The van der Waals surface area contributed by atoms with Crippen LogP contribution in [0.4, 0.5) is 0 Å². The van der Waals surface area contributed by atoms with E-state index in [1.165, 1.54) is 0 Å². The Morgan fingerprint density at radius 3 is 2.84 bits per heavy atom. The Balaban J connectivity index is 1.68. The van der Waals surface area contributed by atoms with Gasteiger partial charge in [0.1, 0.15) is 23.1 Å². The molecule has 0 N–H and O–H groups in total. The first-order valence-corrected chi connectivity index (χ1v) is 8.17. The first-order valence-electron chi connectivity index (χ1n) is 8.17. The van der Waals surface area contributed by atoms with Gasteiger partial charge in [-0.05, 0) is 33.0 Å². The van der Waals surface area contributed by atoms with Crippen molar-refractivity contribution in [3.63, 3.8) is 0 Å². The Morgan fingerprint density at radius 2 is 2.08 bits per heavy atom. The molecule has 4 rings (SSSR count). The standard InChI is InChI=1S/C17H19N5O3/c1-10-8-22(3)9-13(23-10)16-19-20-17(24-16)14-11(2)25-21-15(14)12-6-4-5-7-18-12/h4-7,10,13H,8-9H2,1-3H3/t10-,13-/m1/s1. The van der Waals surface area contributed by atoms with Crippen molar-refractivity contribution in [2.24, 2.45) is 0 Å². The minimum atomic E-state index is -0.242. The van der Waals surface area contributed by atoms with Gasteiger partial charge >= 0.3 is 0 Å². The monoisotopic (exact) mass is 341 g/mol. The fraction of sp³-hybridized carbons (Fsp3) is 0.412. The Morgan fingerprint density at radius 1 is 1.20 bits per heavy atom. The lowest BCUT2D eigenvalue weighted by atomic mass is 10.1. The number of hydrogen-bond donors (Lipinski definition) is 0. The highest BCUT2D eigenvalue weighted by Crippen LogP contribution is 2.34. The zero-order valence-electron chi connectivity index (χ0n) is 14.3. The van der Waals surface area contributed by atoms with Gasteiger partial charge in [-0.3, -0.25) is 4.98 Å². The highest BCUT2D eigenvalue weighted by atomic mass is 16.5. The molecule has 1 saturated heterocycles. The molecule has 130 valence electrons. The van der Waals surface area contributed by atoms with Gasteiger partial charge in [0.05, 0.1) is 11.8 Å². The molecule has 8 heteroatoms. The summed E-state index contributed by atoms with van der Waals surface area (Å²) in [5.74, 6) is 1.42. The first kappa shape index (κ1) is 15.9. The van der Waals surface area contributed by atoms with Gasteiger partial charge in [0.25, 0.3) is 5.89 Å². The molecule has 1 fully saturated rings. The number of nitrogens with zero attached hydrogens (tertiary/aromatic N) is 5. The maximum atomic E-state index is 5.93. The highest BCUT2D eigenvalue weighted by molar-refractivity contribution is 5.75. The number of morpholine rings is 1. The van der Waals surface area contributed by atoms with E-state index in [-0.39, 0.29) is 12.2 Å². The van der Waals surface area contributed by atoms with Crippen LogP contribution in [0.2, 0.25) is 0 Å². The van der Waals surface area contributed by atoms with Crippen LogP contribution in [0.1, 0.15) is 24.7 Å². The van der Waals surface area contributed by atoms with Crippen molar-refractivity contribution in [2.45, 2.75) is 26.1 Å². The zero-order chi connectivity index (χ0) is 17.4. The third-order valence-electron chi connectivity index (χ3n) is 4.14. The maximum absolute atomic E-state index is 5.93. The number of hydrogen-bond acceptors (Lipinski definition) is 8. The smallest absolute Gasteiger partial charge is 0.253 e. The van der Waals surface area contributed by atoms with Gasteiger partial charge in [-0.15, -0.1) is 10.2 Å². The van der Waals surface area contributed by atoms with E-state index >= 15 is 0 Å². The number of pyridine rings is 1. The van der Waals surface area contributed by atoms with E-state index < -0.39 is 0 Å². The van der Waals surface area contributed by atoms with Crippen LogP contribution in [0.15, 0.2) is 33.3 Å². The van der Waals surface area contributed by atoms with Crippen LogP contribution in [0, 0.1) is 6.92 Å². The lowest BCUT2D eigenvalue weighted by molar-refractivity contribution is -0.0821. The van der Waals surface area contributed by atoms with Gasteiger partial charge in [0.2, 0.25) is 5.89 Å². The second kappa shape index (κ2) is 6.38. The predicted molar refractivity (Wildman–Crippen MR) is 88.5 cm³/mol. The summed E-state index contributed by atoms with van der Waals surface area (Å²) in [4.78, 5) is 6.51. The van der Waals surface area contributed by atoms with Gasteiger partial charge in [-0.2, -0.15) is 0 Å². The van der Waals surface area contributed by atoms with Crippen molar-refractivity contribution in [1.29, 1.82) is 0 Å². The molecule has 1 aliphatic heterocycles.